The van der Waals surface area contributed by atoms with Crippen LogP contribution in [0.15, 0.2) is 72.0 Å². The van der Waals surface area contributed by atoms with Gasteiger partial charge in [0.15, 0.2) is 5.79 Å². The van der Waals surface area contributed by atoms with E-state index in [-0.39, 0.29) is 29.3 Å². The molecular formula is C43H54N2O6. The lowest BCUT2D eigenvalue weighted by Crippen LogP contribution is -2.53. The molecule has 4 fully saturated rings. The second-order valence-electron chi connectivity index (χ2n) is 17.0. The van der Waals surface area contributed by atoms with Crippen molar-refractivity contribution in [2.75, 3.05) is 19.8 Å². The largest absolute Gasteiger partial charge is 0.449 e. The molecule has 0 radical (unpaired) electrons. The molecule has 2 aromatic carbocycles. The number of hydrogen-bond donors (Lipinski definition) is 2. The quantitative estimate of drug-likeness (QED) is 0.268. The van der Waals surface area contributed by atoms with Crippen LogP contribution in [0.4, 0.5) is 4.79 Å². The van der Waals surface area contributed by atoms with E-state index < -0.39 is 23.9 Å². The third kappa shape index (κ3) is 5.81. The minimum absolute atomic E-state index is 0.0564. The highest BCUT2D eigenvalue weighted by molar-refractivity contribution is 5.82. The van der Waals surface area contributed by atoms with E-state index in [4.69, 9.17) is 19.0 Å². The van der Waals surface area contributed by atoms with E-state index in [1.54, 1.807) is 0 Å². The molecule has 0 aromatic heterocycles. The third-order valence-corrected chi connectivity index (χ3v) is 14.1. The van der Waals surface area contributed by atoms with Gasteiger partial charge in [-0.25, -0.2) is 15.1 Å². The third-order valence-electron chi connectivity index (χ3n) is 14.1. The van der Waals surface area contributed by atoms with Crippen molar-refractivity contribution < 1.29 is 28.6 Å². The Morgan fingerprint density at radius 2 is 1.59 bits per heavy atom. The lowest BCUT2D eigenvalue weighted by atomic mass is 9.47. The molecule has 7 atom stereocenters. The van der Waals surface area contributed by atoms with Crippen LogP contribution in [-0.2, 0) is 23.8 Å². The Labute approximate surface area is 302 Å². The first-order valence-electron chi connectivity index (χ1n) is 19.3. The number of amides is 1. The fourth-order valence-corrected chi connectivity index (χ4v) is 11.5. The average Bonchev–Trinajstić information content (AvgIpc) is 3.82. The minimum atomic E-state index is -0.861. The Hall–Kier alpha value is -3.62. The smallest absolute Gasteiger partial charge is 0.407 e. The van der Waals surface area contributed by atoms with Crippen LogP contribution in [-0.4, -0.2) is 43.7 Å². The van der Waals surface area contributed by atoms with Crippen LogP contribution in [0.5, 0.6) is 0 Å². The second kappa shape index (κ2) is 13.1. The van der Waals surface area contributed by atoms with E-state index in [0.29, 0.717) is 36.9 Å². The number of ether oxygens (including phenoxy) is 3. The fraction of sp³-hybridized carbons (Fsp3) is 0.581. The van der Waals surface area contributed by atoms with Crippen molar-refractivity contribution in [2.45, 2.75) is 97.3 Å². The Morgan fingerprint density at radius 3 is 2.27 bits per heavy atom. The van der Waals surface area contributed by atoms with Gasteiger partial charge in [-0.05, 0) is 115 Å². The van der Waals surface area contributed by atoms with Crippen molar-refractivity contribution in [3.05, 3.63) is 83.1 Å². The molecule has 6 aliphatic rings. The lowest BCUT2D eigenvalue weighted by molar-refractivity contribution is -0.214. The lowest BCUT2D eigenvalue weighted by Gasteiger charge is -2.58. The molecule has 1 saturated heterocycles. The molecule has 1 amide bonds. The summed E-state index contributed by atoms with van der Waals surface area (Å²) in [5, 5.41) is 2.78. The van der Waals surface area contributed by atoms with Crippen molar-refractivity contribution in [1.29, 1.82) is 0 Å². The predicted octanol–water partition coefficient (Wildman–Crippen LogP) is 8.43. The highest BCUT2D eigenvalue weighted by Crippen LogP contribution is 2.68. The van der Waals surface area contributed by atoms with Crippen LogP contribution in [0.3, 0.4) is 0 Å². The van der Waals surface area contributed by atoms with E-state index in [0.717, 1.165) is 29.7 Å². The molecule has 0 spiro atoms. The van der Waals surface area contributed by atoms with E-state index >= 15 is 0 Å². The number of benzene rings is 2. The molecular weight excluding hydrogens is 640 g/mol. The highest BCUT2D eigenvalue weighted by Gasteiger charge is 2.63. The Balaban J connectivity index is 0.869. The number of carbonyl (C=O) groups is 2. The van der Waals surface area contributed by atoms with Gasteiger partial charge in [-0.2, -0.15) is 0 Å². The van der Waals surface area contributed by atoms with Gasteiger partial charge >= 0.3 is 12.1 Å². The molecule has 8 rings (SSSR count). The first kappa shape index (κ1) is 34.5. The summed E-state index contributed by atoms with van der Waals surface area (Å²) in [5.41, 5.74) is 10.2. The topological polar surface area (TPSA) is 95.1 Å². The summed E-state index contributed by atoms with van der Waals surface area (Å²) in [6, 6.07) is 15.6. The fourth-order valence-electron chi connectivity index (χ4n) is 11.5. The van der Waals surface area contributed by atoms with Gasteiger partial charge in [-0.1, -0.05) is 87.9 Å². The molecule has 272 valence electrons. The standard InChI is InChI=1S/C43H54N2O6/c1-26(2)38(44-40(47)48-25-34-31-12-8-6-10-29(31)30-11-7-9-13-32(30)34)39(46)51-45-28-18-20-41(3)27(24-28)14-15-33-35-16-17-37(43(5)49-22-23-50-43)42(35,4)21-19-36(33)41/h6-13,18,24,26,33-38,45H,14-17,19-23,25H2,1-5H3,(H,44,47)/t33?,35?,36?,37-,38-,41-,42-/m0/s1. The van der Waals surface area contributed by atoms with Gasteiger partial charge in [0.1, 0.15) is 12.6 Å². The van der Waals surface area contributed by atoms with E-state index in [2.05, 4.69) is 68.0 Å². The van der Waals surface area contributed by atoms with E-state index in [1.165, 1.54) is 48.8 Å². The monoisotopic (exact) mass is 694 g/mol. The minimum Gasteiger partial charge on any atom is -0.449 e. The zero-order valence-corrected chi connectivity index (χ0v) is 30.8. The summed E-state index contributed by atoms with van der Waals surface area (Å²) >= 11 is 0. The molecule has 3 unspecified atom stereocenters. The van der Waals surface area contributed by atoms with Crippen LogP contribution in [0, 0.1) is 40.4 Å². The number of rotatable bonds is 8. The maximum Gasteiger partial charge on any atom is 0.407 e. The molecule has 2 N–H and O–H groups in total. The summed E-state index contributed by atoms with van der Waals surface area (Å²) < 4.78 is 18.2. The molecule has 5 aliphatic carbocycles. The van der Waals surface area contributed by atoms with Crippen molar-refractivity contribution in [1.82, 2.24) is 10.8 Å². The first-order chi connectivity index (χ1) is 24.5. The Morgan fingerprint density at radius 1 is 0.902 bits per heavy atom. The van der Waals surface area contributed by atoms with Crippen LogP contribution in [0.1, 0.15) is 96.6 Å². The summed E-state index contributed by atoms with van der Waals surface area (Å²) in [5.74, 6) is 1.26. The van der Waals surface area contributed by atoms with Gasteiger partial charge in [-0.15, -0.1) is 0 Å². The molecule has 51 heavy (non-hydrogen) atoms. The van der Waals surface area contributed by atoms with Crippen molar-refractivity contribution in [3.8, 4) is 11.1 Å². The average molecular weight is 695 g/mol. The zero-order chi connectivity index (χ0) is 35.5. The van der Waals surface area contributed by atoms with Gasteiger partial charge in [0.25, 0.3) is 0 Å². The van der Waals surface area contributed by atoms with Gasteiger partial charge in [0.2, 0.25) is 0 Å². The molecule has 1 heterocycles. The SMILES string of the molecule is CC(C)[C@H](NC(=O)OCC1c2ccccc2-c2ccccc21)C(=O)ONC1=CC[C@@]2(C)C(=C1)CCC1C2CC[C@@]2(C)C1CC[C@@H]2C1(C)OCCO1. The summed E-state index contributed by atoms with van der Waals surface area (Å²) in [4.78, 5) is 32.0. The first-order valence-corrected chi connectivity index (χ1v) is 19.3. The van der Waals surface area contributed by atoms with Crippen molar-refractivity contribution in [2.24, 2.45) is 40.4 Å². The van der Waals surface area contributed by atoms with Crippen LogP contribution >= 0.6 is 0 Å². The number of hydrogen-bond acceptors (Lipinski definition) is 7. The second-order valence-corrected chi connectivity index (χ2v) is 17.0. The molecule has 8 heteroatoms. The van der Waals surface area contributed by atoms with Gasteiger partial charge in [0, 0.05) is 11.8 Å². The molecule has 1 aliphatic heterocycles. The Bertz CT molecular complexity index is 1700. The summed E-state index contributed by atoms with van der Waals surface area (Å²) in [7, 11) is 0. The van der Waals surface area contributed by atoms with Crippen molar-refractivity contribution >= 4 is 12.1 Å². The molecule has 2 aromatic rings. The molecule has 3 saturated carbocycles. The maximum absolute atomic E-state index is 13.3. The van der Waals surface area contributed by atoms with Crippen molar-refractivity contribution in [3.63, 3.8) is 0 Å². The number of hydroxylamine groups is 1. The number of nitrogens with one attached hydrogen (secondary N) is 2. The predicted molar refractivity (Wildman–Crippen MR) is 195 cm³/mol. The van der Waals surface area contributed by atoms with E-state index in [1.807, 2.05) is 38.1 Å². The number of alkyl carbamates (subject to hydrolysis) is 1. The highest BCUT2D eigenvalue weighted by atomic mass is 16.7. The summed E-state index contributed by atoms with van der Waals surface area (Å²) in [6.45, 7) is 12.5. The van der Waals surface area contributed by atoms with Crippen LogP contribution in [0.2, 0.25) is 0 Å². The maximum atomic E-state index is 13.3. The molecule has 0 bridgehead atoms. The number of allylic oxidation sites excluding steroid dienone is 3. The zero-order valence-electron chi connectivity index (χ0n) is 30.8. The van der Waals surface area contributed by atoms with Crippen LogP contribution in [0.25, 0.3) is 11.1 Å². The van der Waals surface area contributed by atoms with Gasteiger partial charge in [0.05, 0.1) is 18.9 Å². The number of carbonyl (C=O) groups excluding carboxylic acids is 2. The molecule has 8 nitrogen and oxygen atoms in total. The van der Waals surface area contributed by atoms with Crippen LogP contribution < -0.4 is 10.8 Å². The normalized spacial score (nSPS) is 32.4. The van der Waals surface area contributed by atoms with Gasteiger partial charge in [-0.3, -0.25) is 0 Å². The van der Waals surface area contributed by atoms with E-state index in [9.17, 15) is 9.59 Å². The Kier molecular flexibility index (Phi) is 8.85. The van der Waals surface area contributed by atoms with Gasteiger partial charge < -0.3 is 24.4 Å². The number of fused-ring (bicyclic) bond motifs is 8. The summed E-state index contributed by atoms with van der Waals surface area (Å²) in [6.07, 6.45) is 11.8.